The number of likely N-dealkylation sites (tertiary alicyclic amines) is 1. The van der Waals surface area contributed by atoms with Crippen LogP contribution in [0.1, 0.15) is 31.4 Å². The van der Waals surface area contributed by atoms with Crippen LogP contribution in [0.15, 0.2) is 24.3 Å². The van der Waals surface area contributed by atoms with Gasteiger partial charge in [-0.05, 0) is 37.5 Å². The molecule has 2 atom stereocenters. The fourth-order valence-electron chi connectivity index (χ4n) is 2.70. The average molecular weight is 343 g/mol. The summed E-state index contributed by atoms with van der Waals surface area (Å²) in [5.41, 5.74) is 0.682. The standard InChI is InChI=1S/C15H22FN3O3S/c1-11(12-5-3-6-13(16)9-12)17-15(20)19-8-4-7-14(10-19)18-23(2,21)22/h3,5-6,9,11,14,18H,4,7-8,10H2,1-2H3,(H,17,20). The van der Waals surface area contributed by atoms with E-state index in [1.54, 1.807) is 24.0 Å². The van der Waals surface area contributed by atoms with Crippen molar-refractivity contribution in [3.8, 4) is 0 Å². The molecule has 8 heteroatoms. The second-order valence-electron chi connectivity index (χ2n) is 5.90. The molecule has 0 saturated carbocycles. The van der Waals surface area contributed by atoms with E-state index in [0.29, 0.717) is 25.1 Å². The number of nitrogens with zero attached hydrogens (tertiary/aromatic N) is 1. The Morgan fingerprint density at radius 1 is 1.43 bits per heavy atom. The van der Waals surface area contributed by atoms with Crippen LogP contribution >= 0.6 is 0 Å². The Bertz CT molecular complexity index is 666. The van der Waals surface area contributed by atoms with Crippen LogP contribution in [0, 0.1) is 5.82 Å². The Labute approximate surface area is 136 Å². The van der Waals surface area contributed by atoms with Crippen molar-refractivity contribution in [2.75, 3.05) is 19.3 Å². The molecule has 0 radical (unpaired) electrons. The lowest BCUT2D eigenvalue weighted by atomic mass is 10.1. The van der Waals surface area contributed by atoms with Crippen molar-refractivity contribution in [1.29, 1.82) is 0 Å². The van der Waals surface area contributed by atoms with Gasteiger partial charge in [0.15, 0.2) is 0 Å². The van der Waals surface area contributed by atoms with Crippen molar-refractivity contribution in [3.05, 3.63) is 35.6 Å². The maximum Gasteiger partial charge on any atom is 0.317 e. The first-order valence-electron chi connectivity index (χ1n) is 7.53. The molecule has 1 fully saturated rings. The van der Waals surface area contributed by atoms with E-state index in [-0.39, 0.29) is 23.9 Å². The predicted molar refractivity (Wildman–Crippen MR) is 85.9 cm³/mol. The minimum Gasteiger partial charge on any atom is -0.331 e. The number of amides is 2. The van der Waals surface area contributed by atoms with Crippen LogP contribution in [-0.4, -0.2) is 44.7 Å². The molecule has 1 saturated heterocycles. The van der Waals surface area contributed by atoms with E-state index < -0.39 is 10.0 Å². The molecule has 2 unspecified atom stereocenters. The average Bonchev–Trinajstić information content (AvgIpc) is 2.45. The van der Waals surface area contributed by atoms with Crippen molar-refractivity contribution in [2.45, 2.75) is 31.8 Å². The van der Waals surface area contributed by atoms with Crippen molar-refractivity contribution in [3.63, 3.8) is 0 Å². The number of urea groups is 1. The molecule has 0 spiro atoms. The second kappa shape index (κ2) is 7.27. The highest BCUT2D eigenvalue weighted by Gasteiger charge is 2.26. The monoisotopic (exact) mass is 343 g/mol. The number of sulfonamides is 1. The first-order valence-corrected chi connectivity index (χ1v) is 9.42. The summed E-state index contributed by atoms with van der Waals surface area (Å²) in [4.78, 5) is 13.9. The molecule has 1 aromatic carbocycles. The Balaban J connectivity index is 1.94. The quantitative estimate of drug-likeness (QED) is 0.872. The zero-order valence-corrected chi connectivity index (χ0v) is 14.1. The van der Waals surface area contributed by atoms with Crippen LogP contribution in [0.5, 0.6) is 0 Å². The molecule has 2 rings (SSSR count). The van der Waals surface area contributed by atoms with E-state index in [1.807, 2.05) is 0 Å². The van der Waals surface area contributed by atoms with Gasteiger partial charge in [-0.15, -0.1) is 0 Å². The lowest BCUT2D eigenvalue weighted by molar-refractivity contribution is 0.174. The van der Waals surface area contributed by atoms with Gasteiger partial charge in [0.1, 0.15) is 5.82 Å². The highest BCUT2D eigenvalue weighted by atomic mass is 32.2. The summed E-state index contributed by atoms with van der Waals surface area (Å²) in [7, 11) is -3.29. The number of piperidine rings is 1. The van der Waals surface area contributed by atoms with Crippen LogP contribution in [0.4, 0.5) is 9.18 Å². The number of nitrogens with one attached hydrogen (secondary N) is 2. The van der Waals surface area contributed by atoms with Crippen LogP contribution in [0.25, 0.3) is 0 Å². The maximum absolute atomic E-state index is 13.2. The van der Waals surface area contributed by atoms with Gasteiger partial charge in [0, 0.05) is 19.1 Å². The van der Waals surface area contributed by atoms with E-state index in [0.717, 1.165) is 12.7 Å². The number of hydrogen-bond acceptors (Lipinski definition) is 3. The minimum atomic E-state index is -3.29. The number of rotatable bonds is 4. The molecule has 1 aliphatic heterocycles. The van der Waals surface area contributed by atoms with Gasteiger partial charge >= 0.3 is 6.03 Å². The molecule has 1 aliphatic rings. The SMILES string of the molecule is CC(NC(=O)N1CCCC(NS(C)(=O)=O)C1)c1cccc(F)c1. The third kappa shape index (κ3) is 5.47. The predicted octanol–water partition coefficient (Wildman–Crippen LogP) is 1.61. The summed E-state index contributed by atoms with van der Waals surface area (Å²) in [6.45, 7) is 2.68. The molecular weight excluding hydrogens is 321 g/mol. The molecular formula is C15H22FN3O3S. The topological polar surface area (TPSA) is 78.5 Å². The van der Waals surface area contributed by atoms with Crippen molar-refractivity contribution in [2.24, 2.45) is 0 Å². The fourth-order valence-corrected chi connectivity index (χ4v) is 3.49. The van der Waals surface area contributed by atoms with E-state index in [9.17, 15) is 17.6 Å². The van der Waals surface area contributed by atoms with Gasteiger partial charge < -0.3 is 10.2 Å². The van der Waals surface area contributed by atoms with E-state index >= 15 is 0 Å². The number of carbonyl (C=O) groups excluding carboxylic acids is 1. The molecule has 0 aliphatic carbocycles. The molecule has 2 amide bonds. The summed E-state index contributed by atoms with van der Waals surface area (Å²) >= 11 is 0. The van der Waals surface area contributed by atoms with Crippen LogP contribution in [0.2, 0.25) is 0 Å². The number of hydrogen-bond donors (Lipinski definition) is 2. The Kier molecular flexibility index (Phi) is 5.59. The molecule has 1 aromatic rings. The number of halogens is 1. The van der Waals surface area contributed by atoms with Crippen LogP contribution < -0.4 is 10.0 Å². The van der Waals surface area contributed by atoms with Gasteiger partial charge in [-0.2, -0.15) is 0 Å². The summed E-state index contributed by atoms with van der Waals surface area (Å²) in [6, 6.07) is 5.20. The van der Waals surface area contributed by atoms with E-state index in [4.69, 9.17) is 0 Å². The number of benzene rings is 1. The van der Waals surface area contributed by atoms with Crippen LogP contribution in [0.3, 0.4) is 0 Å². The first kappa shape index (κ1) is 17.7. The molecule has 128 valence electrons. The van der Waals surface area contributed by atoms with Gasteiger partial charge in [0.25, 0.3) is 0 Å². The van der Waals surface area contributed by atoms with E-state index in [1.165, 1.54) is 12.1 Å². The highest BCUT2D eigenvalue weighted by molar-refractivity contribution is 7.88. The second-order valence-corrected chi connectivity index (χ2v) is 7.68. The molecule has 2 N–H and O–H groups in total. The third-order valence-corrected chi connectivity index (χ3v) is 4.54. The van der Waals surface area contributed by atoms with Crippen LogP contribution in [-0.2, 0) is 10.0 Å². The molecule has 6 nitrogen and oxygen atoms in total. The van der Waals surface area contributed by atoms with Gasteiger partial charge in [-0.25, -0.2) is 22.3 Å². The highest BCUT2D eigenvalue weighted by Crippen LogP contribution is 2.16. The van der Waals surface area contributed by atoms with Crippen molar-refractivity contribution in [1.82, 2.24) is 14.9 Å². The number of carbonyl (C=O) groups is 1. The zero-order valence-electron chi connectivity index (χ0n) is 13.3. The summed E-state index contributed by atoms with van der Waals surface area (Å²) < 4.78 is 38.4. The molecule has 0 bridgehead atoms. The molecule has 23 heavy (non-hydrogen) atoms. The van der Waals surface area contributed by atoms with Gasteiger partial charge in [-0.3, -0.25) is 0 Å². The first-order chi connectivity index (χ1) is 10.7. The Morgan fingerprint density at radius 2 is 2.17 bits per heavy atom. The summed E-state index contributed by atoms with van der Waals surface area (Å²) in [5.74, 6) is -0.348. The Hall–Kier alpha value is -1.67. The normalized spacial score (nSPS) is 20.1. The smallest absolute Gasteiger partial charge is 0.317 e. The fraction of sp³-hybridized carbons (Fsp3) is 0.533. The minimum absolute atomic E-state index is 0.269. The lowest BCUT2D eigenvalue weighted by Gasteiger charge is -2.33. The van der Waals surface area contributed by atoms with Gasteiger partial charge in [0.2, 0.25) is 10.0 Å². The summed E-state index contributed by atoms with van der Waals surface area (Å²) in [6.07, 6.45) is 2.54. The Morgan fingerprint density at radius 3 is 2.83 bits per heavy atom. The zero-order chi connectivity index (χ0) is 17.0. The molecule has 1 heterocycles. The van der Waals surface area contributed by atoms with Crippen molar-refractivity contribution >= 4 is 16.1 Å². The summed E-state index contributed by atoms with van der Waals surface area (Å²) in [5, 5.41) is 2.82. The third-order valence-electron chi connectivity index (χ3n) is 3.78. The van der Waals surface area contributed by atoms with Gasteiger partial charge in [0.05, 0.1) is 12.3 Å². The van der Waals surface area contributed by atoms with Gasteiger partial charge in [-0.1, -0.05) is 12.1 Å². The van der Waals surface area contributed by atoms with Crippen molar-refractivity contribution < 1.29 is 17.6 Å². The maximum atomic E-state index is 13.2. The van der Waals surface area contributed by atoms with E-state index in [2.05, 4.69) is 10.0 Å². The lowest BCUT2D eigenvalue weighted by Crippen LogP contribution is -2.52. The molecule has 0 aromatic heterocycles. The largest absolute Gasteiger partial charge is 0.331 e.